The second-order valence-corrected chi connectivity index (χ2v) is 17.0. The molecule has 4 N–H and O–H groups in total. The van der Waals surface area contributed by atoms with Gasteiger partial charge >= 0.3 is 0 Å². The van der Waals surface area contributed by atoms with Crippen LogP contribution in [0, 0.1) is 5.92 Å². The Morgan fingerprint density at radius 3 is 2.24 bits per heavy atom. The van der Waals surface area contributed by atoms with E-state index < -0.39 is 53.4 Å². The van der Waals surface area contributed by atoms with Crippen molar-refractivity contribution < 1.29 is 53.6 Å². The van der Waals surface area contributed by atoms with Crippen LogP contribution in [0.25, 0.3) is 0 Å². The summed E-state index contributed by atoms with van der Waals surface area (Å²) in [5.74, 6) is -0.127. The first-order valence-corrected chi connectivity index (χ1v) is 19.1. The molecule has 17 atom stereocenters. The third-order valence-electron chi connectivity index (χ3n) is 13.2. The Morgan fingerprint density at radius 2 is 1.50 bits per heavy atom. The number of ether oxygens (including phenoxy) is 6. The number of aldehydes is 1. The van der Waals surface area contributed by atoms with E-state index in [9.17, 15) is 25.2 Å². The van der Waals surface area contributed by atoms with Crippen LogP contribution in [-0.2, 0) is 33.2 Å². The summed E-state index contributed by atoms with van der Waals surface area (Å²) >= 11 is 0. The Bertz CT molecular complexity index is 1270. The number of rotatable bonds is 7. The maximum Gasteiger partial charge on any atom is 0.143 e. The second kappa shape index (κ2) is 14.9. The third kappa shape index (κ3) is 7.56. The summed E-state index contributed by atoms with van der Waals surface area (Å²) in [6, 6.07) is 0. The minimum atomic E-state index is -0.973. The van der Waals surface area contributed by atoms with Crippen molar-refractivity contribution in [3.63, 3.8) is 0 Å². The number of allylic oxidation sites excluding steroid dienone is 4. The van der Waals surface area contributed by atoms with Crippen LogP contribution in [0.1, 0.15) is 113 Å². The van der Waals surface area contributed by atoms with Crippen molar-refractivity contribution in [2.45, 2.75) is 209 Å². The number of aliphatic hydroxyl groups excluding tert-OH is 4. The molecular formula is C39H62O11. The van der Waals surface area contributed by atoms with Crippen LogP contribution in [0.2, 0.25) is 0 Å². The van der Waals surface area contributed by atoms with Gasteiger partial charge in [0.25, 0.3) is 0 Å². The molecule has 6 fully saturated rings. The lowest BCUT2D eigenvalue weighted by Crippen LogP contribution is -2.65. The number of carbonyl (C=O) groups is 1. The largest absolute Gasteiger partial charge is 0.390 e. The van der Waals surface area contributed by atoms with Crippen molar-refractivity contribution in [2.24, 2.45) is 5.92 Å². The maximum atomic E-state index is 11.6. The molecule has 6 aliphatic rings. The molecule has 0 spiro atoms. The van der Waals surface area contributed by atoms with Crippen LogP contribution in [-0.4, -0.2) is 123 Å². The number of aliphatic hydroxyl groups is 4. The van der Waals surface area contributed by atoms with E-state index in [1.807, 2.05) is 48.5 Å². The SMILES string of the molecule is CC(=C\C=O)/C(C)=C/CC[C@@H]1O[C@@H]2C[C@H]3O[C@](C)(C[C@H]4C[C@H](O)[C@@H]5O[C@@H]6C[C@H](O)[C@@H](C)O[C@@]6(C)CC[C@H]5O4)[C@@H](O)CC[C@@]3(C)O[C@H]2[C@@H](O)[C@@H]1C. The maximum absolute atomic E-state index is 11.6. The molecule has 6 rings (SSSR count). The molecule has 6 heterocycles. The highest BCUT2D eigenvalue weighted by Crippen LogP contribution is 2.48. The zero-order chi connectivity index (χ0) is 36.2. The van der Waals surface area contributed by atoms with Crippen LogP contribution >= 0.6 is 0 Å². The van der Waals surface area contributed by atoms with Crippen LogP contribution in [0.15, 0.2) is 23.3 Å². The number of hydrogen-bond donors (Lipinski definition) is 4. The van der Waals surface area contributed by atoms with Gasteiger partial charge in [0.2, 0.25) is 0 Å². The van der Waals surface area contributed by atoms with Crippen molar-refractivity contribution >= 4 is 6.29 Å². The van der Waals surface area contributed by atoms with E-state index in [-0.39, 0.29) is 48.6 Å². The Kier molecular flexibility index (Phi) is 11.4. The smallest absolute Gasteiger partial charge is 0.143 e. The average Bonchev–Trinajstić information content (AvgIpc) is 3.25. The molecule has 0 saturated carbocycles. The van der Waals surface area contributed by atoms with E-state index >= 15 is 0 Å². The molecule has 0 unspecified atom stereocenters. The minimum Gasteiger partial charge on any atom is -0.390 e. The van der Waals surface area contributed by atoms with Gasteiger partial charge in [-0.25, -0.2) is 0 Å². The summed E-state index contributed by atoms with van der Waals surface area (Å²) in [6.07, 6.45) is 3.85. The fraction of sp³-hybridized carbons (Fsp3) is 0.872. The third-order valence-corrected chi connectivity index (χ3v) is 13.2. The van der Waals surface area contributed by atoms with Crippen LogP contribution < -0.4 is 0 Å². The van der Waals surface area contributed by atoms with Gasteiger partial charge in [0, 0.05) is 31.6 Å². The van der Waals surface area contributed by atoms with Gasteiger partial charge in [0.15, 0.2) is 0 Å². The molecule has 284 valence electrons. The summed E-state index contributed by atoms with van der Waals surface area (Å²) in [4.78, 5) is 10.9. The van der Waals surface area contributed by atoms with E-state index in [0.717, 1.165) is 30.3 Å². The van der Waals surface area contributed by atoms with Crippen LogP contribution in [0.3, 0.4) is 0 Å². The Hall–Kier alpha value is -1.25. The molecule has 0 bridgehead atoms. The molecule has 0 aromatic heterocycles. The predicted octanol–water partition coefficient (Wildman–Crippen LogP) is 3.85. The summed E-state index contributed by atoms with van der Waals surface area (Å²) in [6.45, 7) is 13.8. The Balaban J connectivity index is 1.12. The number of carbonyl (C=O) groups excluding carboxylic acids is 1. The van der Waals surface area contributed by atoms with Crippen molar-refractivity contribution in [2.75, 3.05) is 0 Å². The second-order valence-electron chi connectivity index (χ2n) is 17.0. The predicted molar refractivity (Wildman–Crippen MR) is 184 cm³/mol. The molecule has 11 nitrogen and oxygen atoms in total. The summed E-state index contributed by atoms with van der Waals surface area (Å²) in [5.41, 5.74) is -0.285. The molecule has 6 saturated heterocycles. The summed E-state index contributed by atoms with van der Waals surface area (Å²) in [5, 5.41) is 45.0. The number of fused-ring (bicyclic) bond motifs is 4. The van der Waals surface area contributed by atoms with E-state index in [1.54, 1.807) is 6.08 Å². The fourth-order valence-corrected chi connectivity index (χ4v) is 9.55. The molecule has 0 radical (unpaired) electrons. The Labute approximate surface area is 297 Å². The van der Waals surface area contributed by atoms with Gasteiger partial charge in [0.05, 0.1) is 83.9 Å². The topological polar surface area (TPSA) is 153 Å². The van der Waals surface area contributed by atoms with Gasteiger partial charge in [-0.1, -0.05) is 18.6 Å². The van der Waals surface area contributed by atoms with Gasteiger partial charge in [0.1, 0.15) is 18.5 Å². The highest BCUT2D eigenvalue weighted by molar-refractivity contribution is 5.67. The van der Waals surface area contributed by atoms with Crippen molar-refractivity contribution in [3.8, 4) is 0 Å². The minimum absolute atomic E-state index is 0.127. The van der Waals surface area contributed by atoms with Gasteiger partial charge in [-0.3, -0.25) is 4.79 Å². The lowest BCUT2D eigenvalue weighted by Gasteiger charge is -2.54. The van der Waals surface area contributed by atoms with Gasteiger partial charge < -0.3 is 48.8 Å². The fourth-order valence-electron chi connectivity index (χ4n) is 9.55. The van der Waals surface area contributed by atoms with Crippen molar-refractivity contribution in [3.05, 3.63) is 23.3 Å². The highest BCUT2D eigenvalue weighted by atomic mass is 16.6. The van der Waals surface area contributed by atoms with Gasteiger partial charge in [-0.15, -0.1) is 0 Å². The van der Waals surface area contributed by atoms with E-state index in [4.69, 9.17) is 28.4 Å². The monoisotopic (exact) mass is 706 g/mol. The Morgan fingerprint density at radius 1 is 0.780 bits per heavy atom. The molecular weight excluding hydrogens is 644 g/mol. The molecule has 0 amide bonds. The molecule has 0 aromatic rings. The van der Waals surface area contributed by atoms with Gasteiger partial charge in [-0.05, 0) is 91.7 Å². The average molecular weight is 707 g/mol. The highest BCUT2D eigenvalue weighted by Gasteiger charge is 2.58. The van der Waals surface area contributed by atoms with E-state index in [1.165, 1.54) is 0 Å². The zero-order valence-corrected chi connectivity index (χ0v) is 31.0. The first-order valence-electron chi connectivity index (χ1n) is 19.1. The molecule has 6 aliphatic heterocycles. The van der Waals surface area contributed by atoms with Crippen LogP contribution in [0.4, 0.5) is 0 Å². The van der Waals surface area contributed by atoms with E-state index in [2.05, 4.69) is 6.08 Å². The quantitative estimate of drug-likeness (QED) is 0.174. The van der Waals surface area contributed by atoms with Gasteiger partial charge in [-0.2, -0.15) is 0 Å². The standard InChI is InChI=1S/C39H62O11/c1-21(22(2)13-16-40)9-8-10-28-23(3)34(44)36-30(46-28)19-33-38(6,50-36)15-12-31(43)39(7,49-33)20-25-17-27(42)35-29(45-25)11-14-37(5)32(47-35)18-26(41)24(4)48-37/h9,13,16,23-36,41-44H,8,10-12,14-15,17-20H2,1-7H3/b21-9+,22-13+/t23-,24-,25-,26+,27+,28+,29-,30-,31+,32-,33-,34+,35+,36-,37+,38-,39-/m1/s1. The summed E-state index contributed by atoms with van der Waals surface area (Å²) in [7, 11) is 0. The normalized spacial score (nSPS) is 51.7. The first-order chi connectivity index (χ1) is 23.6. The summed E-state index contributed by atoms with van der Waals surface area (Å²) < 4.78 is 39.7. The van der Waals surface area contributed by atoms with Crippen molar-refractivity contribution in [1.82, 2.24) is 0 Å². The molecule has 11 heteroatoms. The molecule has 0 aliphatic carbocycles. The number of hydrogen-bond acceptors (Lipinski definition) is 11. The first kappa shape index (κ1) is 38.5. The lowest BCUT2D eigenvalue weighted by atomic mass is 9.78. The van der Waals surface area contributed by atoms with Crippen molar-refractivity contribution in [1.29, 1.82) is 0 Å². The van der Waals surface area contributed by atoms with Crippen LogP contribution in [0.5, 0.6) is 0 Å². The van der Waals surface area contributed by atoms with E-state index in [0.29, 0.717) is 51.4 Å². The molecule has 0 aromatic carbocycles. The molecule has 50 heavy (non-hydrogen) atoms. The lowest BCUT2D eigenvalue weighted by molar-refractivity contribution is -0.312. The zero-order valence-electron chi connectivity index (χ0n) is 31.0.